The number of nitrogens with one attached hydrogen (secondary N) is 1. The normalized spacial score (nSPS) is 14.5. The third-order valence-corrected chi connectivity index (χ3v) is 5.22. The summed E-state index contributed by atoms with van der Waals surface area (Å²) in [4.78, 5) is 20.9. The highest BCUT2D eigenvalue weighted by atomic mass is 32.1. The minimum absolute atomic E-state index is 0.106. The Morgan fingerprint density at radius 1 is 1.33 bits per heavy atom. The summed E-state index contributed by atoms with van der Waals surface area (Å²) in [6, 6.07) is 5.96. The number of thiophene rings is 1. The Morgan fingerprint density at radius 2 is 2.12 bits per heavy atom. The highest BCUT2D eigenvalue weighted by Gasteiger charge is 2.16. The van der Waals surface area contributed by atoms with Crippen LogP contribution in [0.4, 0.5) is 5.82 Å². The zero-order chi connectivity index (χ0) is 16.9. The molecule has 0 radical (unpaired) electrons. The number of hydrogen-bond acceptors (Lipinski definition) is 5. The van der Waals surface area contributed by atoms with Crippen LogP contribution >= 0.6 is 11.3 Å². The van der Waals surface area contributed by atoms with E-state index in [1.54, 1.807) is 7.11 Å². The molecular formula is C18H23N3O2S. The topological polar surface area (TPSA) is 54.5 Å². The van der Waals surface area contributed by atoms with Gasteiger partial charge in [-0.3, -0.25) is 4.79 Å². The molecule has 2 aromatic rings. The lowest BCUT2D eigenvalue weighted by atomic mass is 10.1. The predicted octanol–water partition coefficient (Wildman–Crippen LogP) is 3.38. The van der Waals surface area contributed by atoms with E-state index in [9.17, 15) is 4.79 Å². The minimum atomic E-state index is -0.106. The van der Waals surface area contributed by atoms with E-state index < -0.39 is 0 Å². The summed E-state index contributed by atoms with van der Waals surface area (Å²) >= 11 is 1.44. The van der Waals surface area contributed by atoms with Gasteiger partial charge in [0.2, 0.25) is 0 Å². The van der Waals surface area contributed by atoms with Crippen LogP contribution in [0.1, 0.15) is 39.4 Å². The van der Waals surface area contributed by atoms with Crippen molar-refractivity contribution in [2.24, 2.45) is 0 Å². The second-order valence-electron chi connectivity index (χ2n) is 6.01. The second kappa shape index (κ2) is 7.66. The van der Waals surface area contributed by atoms with Gasteiger partial charge in [0.15, 0.2) is 0 Å². The molecule has 0 bridgehead atoms. The summed E-state index contributed by atoms with van der Waals surface area (Å²) in [5.41, 5.74) is 0.997. The Hall–Kier alpha value is -2.08. The molecular weight excluding hydrogens is 322 g/mol. The van der Waals surface area contributed by atoms with Gasteiger partial charge in [0.1, 0.15) is 16.4 Å². The summed E-state index contributed by atoms with van der Waals surface area (Å²) in [5.74, 6) is 1.55. The Kier molecular flexibility index (Phi) is 5.35. The minimum Gasteiger partial charge on any atom is -0.495 e. The molecule has 6 heteroatoms. The number of piperidine rings is 1. The fourth-order valence-electron chi connectivity index (χ4n) is 2.89. The molecule has 0 spiro atoms. The Balaban J connectivity index is 1.59. The number of aromatic nitrogens is 1. The monoisotopic (exact) mass is 345 g/mol. The number of carbonyl (C=O) groups is 1. The summed E-state index contributed by atoms with van der Waals surface area (Å²) in [7, 11) is 1.58. The van der Waals surface area contributed by atoms with E-state index in [-0.39, 0.29) is 5.91 Å². The van der Waals surface area contributed by atoms with E-state index in [2.05, 4.69) is 15.2 Å². The van der Waals surface area contributed by atoms with Gasteiger partial charge in [-0.25, -0.2) is 4.98 Å². The van der Waals surface area contributed by atoms with E-state index in [1.165, 1.54) is 30.6 Å². The molecule has 1 aliphatic rings. The van der Waals surface area contributed by atoms with Crippen molar-refractivity contribution in [1.29, 1.82) is 0 Å². The van der Waals surface area contributed by atoms with Gasteiger partial charge in [0.05, 0.1) is 7.11 Å². The quantitative estimate of drug-likeness (QED) is 0.902. The Morgan fingerprint density at radius 3 is 2.79 bits per heavy atom. The SMILES string of the molecule is COc1cc(C)sc1C(=O)NCc1ccc(N2CCCCC2)nc1. The Labute approximate surface area is 146 Å². The number of ether oxygens (including phenoxy) is 1. The first-order valence-corrected chi connectivity index (χ1v) is 9.11. The highest BCUT2D eigenvalue weighted by Crippen LogP contribution is 2.28. The predicted molar refractivity (Wildman–Crippen MR) is 97.1 cm³/mol. The molecule has 0 aliphatic carbocycles. The number of pyridine rings is 1. The number of aryl methyl sites for hydroxylation is 1. The van der Waals surface area contributed by atoms with Crippen molar-refractivity contribution in [3.05, 3.63) is 39.7 Å². The Bertz CT molecular complexity index is 691. The molecule has 24 heavy (non-hydrogen) atoms. The highest BCUT2D eigenvalue weighted by molar-refractivity contribution is 7.14. The number of methoxy groups -OCH3 is 1. The molecule has 128 valence electrons. The number of nitrogens with zero attached hydrogens (tertiary/aromatic N) is 2. The molecule has 1 N–H and O–H groups in total. The van der Waals surface area contributed by atoms with Crippen LogP contribution in [0.3, 0.4) is 0 Å². The van der Waals surface area contributed by atoms with Crippen molar-refractivity contribution >= 4 is 23.1 Å². The largest absolute Gasteiger partial charge is 0.495 e. The standard InChI is InChI=1S/C18H23N3O2S/c1-13-10-15(23-2)17(24-13)18(22)20-12-14-6-7-16(19-11-14)21-8-4-3-5-9-21/h6-7,10-11H,3-5,8-9,12H2,1-2H3,(H,20,22). The maximum Gasteiger partial charge on any atom is 0.265 e. The van der Waals surface area contributed by atoms with Crippen LogP contribution in [-0.4, -0.2) is 31.1 Å². The number of hydrogen-bond donors (Lipinski definition) is 1. The van der Waals surface area contributed by atoms with Crippen molar-refractivity contribution < 1.29 is 9.53 Å². The maximum absolute atomic E-state index is 12.3. The zero-order valence-corrected chi connectivity index (χ0v) is 15.0. The molecule has 2 aromatic heterocycles. The van der Waals surface area contributed by atoms with Crippen LogP contribution in [0, 0.1) is 6.92 Å². The lowest BCUT2D eigenvalue weighted by molar-refractivity contribution is 0.0952. The molecule has 0 saturated carbocycles. The van der Waals surface area contributed by atoms with Crippen LogP contribution in [-0.2, 0) is 6.54 Å². The van der Waals surface area contributed by atoms with Crippen LogP contribution < -0.4 is 15.0 Å². The van der Waals surface area contributed by atoms with Gasteiger partial charge in [-0.2, -0.15) is 0 Å². The molecule has 1 fully saturated rings. The summed E-state index contributed by atoms with van der Waals surface area (Å²) in [6.07, 6.45) is 5.64. The van der Waals surface area contributed by atoms with E-state index in [4.69, 9.17) is 4.74 Å². The number of anilines is 1. The van der Waals surface area contributed by atoms with Crippen molar-refractivity contribution in [2.75, 3.05) is 25.1 Å². The maximum atomic E-state index is 12.3. The lowest BCUT2D eigenvalue weighted by Crippen LogP contribution is -2.30. The molecule has 0 unspecified atom stereocenters. The van der Waals surface area contributed by atoms with Gasteiger partial charge in [0.25, 0.3) is 5.91 Å². The first-order chi connectivity index (χ1) is 11.7. The number of carbonyl (C=O) groups excluding carboxylic acids is 1. The molecule has 3 heterocycles. The smallest absolute Gasteiger partial charge is 0.265 e. The van der Waals surface area contributed by atoms with E-state index in [1.807, 2.05) is 31.3 Å². The van der Waals surface area contributed by atoms with Crippen molar-refractivity contribution in [3.8, 4) is 5.75 Å². The average molecular weight is 345 g/mol. The van der Waals surface area contributed by atoms with Crippen molar-refractivity contribution in [2.45, 2.75) is 32.7 Å². The van der Waals surface area contributed by atoms with E-state index in [0.717, 1.165) is 29.3 Å². The van der Waals surface area contributed by atoms with Gasteiger partial charge in [-0.1, -0.05) is 6.07 Å². The molecule has 1 amide bonds. The molecule has 1 aliphatic heterocycles. The van der Waals surface area contributed by atoms with Gasteiger partial charge < -0.3 is 15.0 Å². The van der Waals surface area contributed by atoms with Crippen LogP contribution in [0.2, 0.25) is 0 Å². The van der Waals surface area contributed by atoms with Crippen LogP contribution in [0.5, 0.6) is 5.75 Å². The van der Waals surface area contributed by atoms with E-state index in [0.29, 0.717) is 17.2 Å². The lowest BCUT2D eigenvalue weighted by Gasteiger charge is -2.27. The summed E-state index contributed by atoms with van der Waals surface area (Å²) in [5, 5.41) is 2.94. The van der Waals surface area contributed by atoms with Crippen molar-refractivity contribution in [1.82, 2.24) is 10.3 Å². The fourth-order valence-corrected chi connectivity index (χ4v) is 3.79. The second-order valence-corrected chi connectivity index (χ2v) is 7.27. The average Bonchev–Trinajstić information content (AvgIpc) is 3.02. The van der Waals surface area contributed by atoms with Gasteiger partial charge in [0, 0.05) is 30.7 Å². The first-order valence-electron chi connectivity index (χ1n) is 8.30. The molecule has 3 rings (SSSR count). The van der Waals surface area contributed by atoms with Gasteiger partial charge >= 0.3 is 0 Å². The van der Waals surface area contributed by atoms with Crippen LogP contribution in [0.15, 0.2) is 24.4 Å². The molecule has 5 nitrogen and oxygen atoms in total. The third kappa shape index (κ3) is 3.87. The van der Waals surface area contributed by atoms with E-state index >= 15 is 0 Å². The van der Waals surface area contributed by atoms with Gasteiger partial charge in [-0.05, 0) is 43.9 Å². The fraction of sp³-hybridized carbons (Fsp3) is 0.444. The number of rotatable bonds is 5. The van der Waals surface area contributed by atoms with Gasteiger partial charge in [-0.15, -0.1) is 11.3 Å². The summed E-state index contributed by atoms with van der Waals surface area (Å²) < 4.78 is 5.25. The third-order valence-electron chi connectivity index (χ3n) is 4.19. The number of amides is 1. The molecule has 0 aromatic carbocycles. The summed E-state index contributed by atoms with van der Waals surface area (Å²) in [6.45, 7) is 4.60. The first kappa shape index (κ1) is 16.8. The van der Waals surface area contributed by atoms with Crippen LogP contribution in [0.25, 0.3) is 0 Å². The zero-order valence-electron chi connectivity index (χ0n) is 14.2. The van der Waals surface area contributed by atoms with Crippen molar-refractivity contribution in [3.63, 3.8) is 0 Å². The molecule has 1 saturated heterocycles. The molecule has 0 atom stereocenters.